The number of hydrogen-bond acceptors (Lipinski definition) is 6. The second-order valence-corrected chi connectivity index (χ2v) is 8.59. The Hall–Kier alpha value is -3.94. The highest BCUT2D eigenvalue weighted by Crippen LogP contribution is 2.26. The van der Waals surface area contributed by atoms with Crippen molar-refractivity contribution in [2.24, 2.45) is 4.99 Å². The van der Waals surface area contributed by atoms with Crippen LogP contribution < -0.4 is 16.0 Å². The van der Waals surface area contributed by atoms with E-state index >= 15 is 0 Å². The van der Waals surface area contributed by atoms with Crippen molar-refractivity contribution in [2.75, 3.05) is 18.9 Å². The average Bonchev–Trinajstić information content (AvgIpc) is 3.35. The van der Waals surface area contributed by atoms with E-state index in [1.165, 1.54) is 31.9 Å². The van der Waals surface area contributed by atoms with Crippen molar-refractivity contribution in [1.82, 2.24) is 15.8 Å². The van der Waals surface area contributed by atoms with Gasteiger partial charge in [0.2, 0.25) is 0 Å². The van der Waals surface area contributed by atoms with Crippen LogP contribution in [0.15, 0.2) is 69.9 Å². The number of carbonyl (C=O) groups excluding carboxylic acids is 2. The number of aryl methyl sites for hydroxylation is 1. The Kier molecular flexibility index (Phi) is 13.2. The van der Waals surface area contributed by atoms with E-state index in [1.807, 2.05) is 38.3 Å². The maximum atomic E-state index is 12.6. The predicted molar refractivity (Wildman–Crippen MR) is 151 cm³/mol. The van der Waals surface area contributed by atoms with E-state index in [0.717, 1.165) is 24.1 Å². The van der Waals surface area contributed by atoms with Gasteiger partial charge in [0, 0.05) is 37.6 Å². The van der Waals surface area contributed by atoms with Crippen LogP contribution in [0.5, 0.6) is 0 Å². The third kappa shape index (κ3) is 10.7. The van der Waals surface area contributed by atoms with Gasteiger partial charge in [0.1, 0.15) is 5.76 Å². The third-order valence-electron chi connectivity index (χ3n) is 5.52. The van der Waals surface area contributed by atoms with Gasteiger partial charge in [0.15, 0.2) is 5.69 Å². The summed E-state index contributed by atoms with van der Waals surface area (Å²) in [5.74, 6) is 0.117. The number of aliphatic imine (C=N–C) groups is 1. The smallest absolute Gasteiger partial charge is 0.277 e. The van der Waals surface area contributed by atoms with Crippen molar-refractivity contribution >= 4 is 29.4 Å². The molecule has 8 heteroatoms. The molecule has 0 unspecified atom stereocenters. The molecule has 3 N–H and O–H groups in total. The molecular formula is C29H39N5O3. The van der Waals surface area contributed by atoms with E-state index in [9.17, 15) is 9.59 Å². The first-order chi connectivity index (χ1) is 18.0. The van der Waals surface area contributed by atoms with Crippen LogP contribution in [0.25, 0.3) is 0 Å². The number of carbonyl (C=O) groups is 2. The number of aromatic nitrogens is 1. The van der Waals surface area contributed by atoms with Crippen molar-refractivity contribution < 1.29 is 14.1 Å². The van der Waals surface area contributed by atoms with Gasteiger partial charge in [-0.25, -0.2) is 0 Å². The van der Waals surface area contributed by atoms with Gasteiger partial charge in [0.05, 0.1) is 11.4 Å². The number of hydrogen-bond donors (Lipinski definition) is 3. The molecule has 0 aliphatic carbocycles. The lowest BCUT2D eigenvalue weighted by molar-refractivity contribution is 0.0948. The van der Waals surface area contributed by atoms with Crippen molar-refractivity contribution in [3.8, 4) is 0 Å². The highest BCUT2D eigenvalue weighted by atomic mass is 16.5. The normalized spacial score (nSPS) is 12.1. The molecule has 0 radical (unpaired) electrons. The van der Waals surface area contributed by atoms with Crippen LogP contribution in [0.2, 0.25) is 0 Å². The SMILES string of the molecule is C\C=C/C(C=Nc1cc(C(=O)NCCCCCCCC)ccc1NC)=C\C=C\NC(=O)c1cc(C)on1. The number of amides is 2. The fourth-order valence-corrected chi connectivity index (χ4v) is 3.51. The Labute approximate surface area is 220 Å². The fraction of sp³-hybridized carbons (Fsp3) is 0.379. The number of benzene rings is 1. The molecule has 1 aromatic carbocycles. The summed E-state index contributed by atoms with van der Waals surface area (Å²) in [5.41, 5.74) is 3.07. The summed E-state index contributed by atoms with van der Waals surface area (Å²) < 4.78 is 4.92. The molecule has 198 valence electrons. The number of nitrogens with one attached hydrogen (secondary N) is 3. The lowest BCUT2D eigenvalue weighted by Gasteiger charge is -2.09. The monoisotopic (exact) mass is 505 g/mol. The molecule has 2 amide bonds. The molecule has 0 fully saturated rings. The zero-order valence-electron chi connectivity index (χ0n) is 22.3. The first-order valence-electron chi connectivity index (χ1n) is 12.9. The predicted octanol–water partition coefficient (Wildman–Crippen LogP) is 6.26. The van der Waals surface area contributed by atoms with Crippen LogP contribution in [-0.2, 0) is 0 Å². The largest absolute Gasteiger partial charge is 0.386 e. The lowest BCUT2D eigenvalue weighted by atomic mass is 10.1. The van der Waals surface area contributed by atoms with Gasteiger partial charge < -0.3 is 20.5 Å². The first-order valence-corrected chi connectivity index (χ1v) is 12.9. The van der Waals surface area contributed by atoms with Crippen LogP contribution in [0.3, 0.4) is 0 Å². The highest BCUT2D eigenvalue weighted by Gasteiger charge is 2.09. The molecule has 0 atom stereocenters. The summed E-state index contributed by atoms with van der Waals surface area (Å²) in [4.78, 5) is 29.3. The van der Waals surface area contributed by atoms with Crippen molar-refractivity contribution in [1.29, 1.82) is 0 Å². The molecule has 0 aliphatic heterocycles. The zero-order chi connectivity index (χ0) is 26.9. The summed E-state index contributed by atoms with van der Waals surface area (Å²) >= 11 is 0. The Morgan fingerprint density at radius 3 is 2.57 bits per heavy atom. The van der Waals surface area contributed by atoms with Gasteiger partial charge >= 0.3 is 0 Å². The van der Waals surface area contributed by atoms with E-state index < -0.39 is 0 Å². The Balaban J connectivity index is 2.01. The second-order valence-electron chi connectivity index (χ2n) is 8.59. The summed E-state index contributed by atoms with van der Waals surface area (Å²) in [6.07, 6.45) is 17.6. The quantitative estimate of drug-likeness (QED) is 0.150. The number of unbranched alkanes of at least 4 members (excludes halogenated alkanes) is 5. The zero-order valence-corrected chi connectivity index (χ0v) is 22.3. The Morgan fingerprint density at radius 1 is 1.08 bits per heavy atom. The lowest BCUT2D eigenvalue weighted by Crippen LogP contribution is -2.24. The molecule has 0 saturated heterocycles. The Morgan fingerprint density at radius 2 is 1.86 bits per heavy atom. The van der Waals surface area contributed by atoms with Gasteiger partial charge in [-0.3, -0.25) is 14.6 Å². The summed E-state index contributed by atoms with van der Waals surface area (Å²) in [7, 11) is 1.82. The average molecular weight is 506 g/mol. The minimum atomic E-state index is -0.354. The van der Waals surface area contributed by atoms with Crippen LogP contribution in [0, 0.1) is 6.92 Å². The highest BCUT2D eigenvalue weighted by molar-refractivity contribution is 5.97. The molecule has 0 aliphatic rings. The van der Waals surface area contributed by atoms with E-state index in [2.05, 4.69) is 33.0 Å². The number of allylic oxidation sites excluding steroid dienone is 5. The van der Waals surface area contributed by atoms with Crippen LogP contribution in [0.4, 0.5) is 11.4 Å². The van der Waals surface area contributed by atoms with Crippen LogP contribution in [0.1, 0.15) is 79.0 Å². The van der Waals surface area contributed by atoms with E-state index in [1.54, 1.807) is 37.4 Å². The van der Waals surface area contributed by atoms with E-state index in [-0.39, 0.29) is 17.5 Å². The molecule has 2 rings (SSSR count). The van der Waals surface area contributed by atoms with Gasteiger partial charge in [0.25, 0.3) is 11.8 Å². The van der Waals surface area contributed by atoms with E-state index in [0.29, 0.717) is 23.6 Å². The summed E-state index contributed by atoms with van der Waals surface area (Å²) in [6, 6.07) is 7.00. The van der Waals surface area contributed by atoms with E-state index in [4.69, 9.17) is 4.52 Å². The van der Waals surface area contributed by atoms with Gasteiger partial charge in [-0.15, -0.1) is 0 Å². The van der Waals surface area contributed by atoms with Crippen molar-refractivity contribution in [3.05, 3.63) is 77.4 Å². The van der Waals surface area contributed by atoms with Crippen molar-refractivity contribution in [3.63, 3.8) is 0 Å². The minimum absolute atomic E-state index is 0.0992. The Bertz CT molecular complexity index is 1130. The van der Waals surface area contributed by atoms with Crippen LogP contribution in [-0.4, -0.2) is 36.8 Å². The summed E-state index contributed by atoms with van der Waals surface area (Å²) in [5, 5.41) is 12.5. The molecule has 1 aromatic heterocycles. The molecule has 1 heterocycles. The molecule has 37 heavy (non-hydrogen) atoms. The van der Waals surface area contributed by atoms with Gasteiger partial charge in [-0.05, 0) is 50.1 Å². The van der Waals surface area contributed by atoms with Crippen LogP contribution >= 0.6 is 0 Å². The second kappa shape index (κ2) is 16.7. The minimum Gasteiger partial charge on any atom is -0.386 e. The first kappa shape index (κ1) is 29.3. The standard InChI is InChI=1S/C29H39N5O3/c1-5-7-8-9-10-11-17-31-28(35)24-15-16-25(30-4)26(20-24)33-21-23(13-6-2)14-12-18-32-29(36)27-19-22(3)37-34-27/h6,12-16,18-21,30H,5,7-11,17H2,1-4H3,(H,31,35)(H,32,36)/b13-6-,18-12+,23-14+,33-21?. The molecule has 8 nitrogen and oxygen atoms in total. The maximum absolute atomic E-state index is 12.6. The molecular weight excluding hydrogens is 466 g/mol. The molecule has 0 spiro atoms. The molecule has 0 saturated carbocycles. The van der Waals surface area contributed by atoms with Gasteiger partial charge in [-0.2, -0.15) is 0 Å². The van der Waals surface area contributed by atoms with Crippen molar-refractivity contribution in [2.45, 2.75) is 59.3 Å². The number of nitrogens with zero attached hydrogens (tertiary/aromatic N) is 2. The number of rotatable bonds is 15. The summed E-state index contributed by atoms with van der Waals surface area (Å²) in [6.45, 7) is 6.51. The number of anilines is 1. The molecule has 2 aromatic rings. The molecule has 0 bridgehead atoms. The fourth-order valence-electron chi connectivity index (χ4n) is 3.51. The van der Waals surface area contributed by atoms with Gasteiger partial charge in [-0.1, -0.05) is 62.4 Å². The topological polar surface area (TPSA) is 109 Å². The third-order valence-corrected chi connectivity index (χ3v) is 5.52. The maximum Gasteiger partial charge on any atom is 0.277 e.